The third kappa shape index (κ3) is 1.52. The minimum atomic E-state index is 1.24. The Kier molecular flexibility index (Phi) is 2.42. The van der Waals surface area contributed by atoms with Crippen LogP contribution >= 0.6 is 23.1 Å². The van der Waals surface area contributed by atoms with E-state index in [2.05, 4.69) is 36.4 Å². The zero-order valence-electron chi connectivity index (χ0n) is 7.41. The van der Waals surface area contributed by atoms with E-state index in [1.165, 1.54) is 20.5 Å². The number of fused-ring (bicyclic) bond motifs is 1. The average molecular weight is 206 g/mol. The molecule has 0 fully saturated rings. The van der Waals surface area contributed by atoms with Crippen molar-refractivity contribution in [2.24, 2.45) is 0 Å². The van der Waals surface area contributed by atoms with Crippen molar-refractivity contribution >= 4 is 39.3 Å². The molecule has 2 aromatic rings. The van der Waals surface area contributed by atoms with Gasteiger partial charge in [-0.1, -0.05) is 12.7 Å². The van der Waals surface area contributed by atoms with Gasteiger partial charge in [0.2, 0.25) is 0 Å². The molecule has 0 nitrogen and oxygen atoms in total. The van der Waals surface area contributed by atoms with E-state index in [4.69, 9.17) is 0 Å². The number of rotatable bonds is 2. The van der Waals surface area contributed by atoms with Crippen LogP contribution < -0.4 is 0 Å². The first kappa shape index (κ1) is 8.85. The summed E-state index contributed by atoms with van der Waals surface area (Å²) in [5.74, 6) is 0. The standard InChI is InChI=1S/C11H10S2/c1-3-8-6-11-9(4-5-13-11)7-10(8)12-2/h3-7H,1H2,2H3. The molecule has 1 aromatic carbocycles. The summed E-state index contributed by atoms with van der Waals surface area (Å²) in [4.78, 5) is 1.31. The van der Waals surface area contributed by atoms with Crippen molar-refractivity contribution in [1.82, 2.24) is 0 Å². The molecule has 0 saturated carbocycles. The van der Waals surface area contributed by atoms with Crippen molar-refractivity contribution in [1.29, 1.82) is 0 Å². The summed E-state index contributed by atoms with van der Waals surface area (Å²) >= 11 is 3.55. The highest BCUT2D eigenvalue weighted by Gasteiger charge is 2.01. The van der Waals surface area contributed by atoms with Gasteiger partial charge in [-0.2, -0.15) is 0 Å². The summed E-state index contributed by atoms with van der Waals surface area (Å²) in [5, 5.41) is 3.46. The number of benzene rings is 1. The Bertz CT molecular complexity index is 440. The van der Waals surface area contributed by atoms with Crippen molar-refractivity contribution in [3.05, 3.63) is 35.7 Å². The Morgan fingerprint density at radius 3 is 3.00 bits per heavy atom. The quantitative estimate of drug-likeness (QED) is 0.661. The van der Waals surface area contributed by atoms with E-state index in [-0.39, 0.29) is 0 Å². The largest absolute Gasteiger partial charge is 0.144 e. The van der Waals surface area contributed by atoms with Gasteiger partial charge in [-0.3, -0.25) is 0 Å². The Morgan fingerprint density at radius 1 is 1.46 bits per heavy atom. The van der Waals surface area contributed by atoms with Gasteiger partial charge in [-0.05, 0) is 40.8 Å². The van der Waals surface area contributed by atoms with E-state index in [9.17, 15) is 0 Å². The molecule has 0 unspecified atom stereocenters. The highest BCUT2D eigenvalue weighted by molar-refractivity contribution is 7.98. The lowest BCUT2D eigenvalue weighted by molar-refractivity contribution is 1.48. The van der Waals surface area contributed by atoms with Crippen molar-refractivity contribution in [3.8, 4) is 0 Å². The van der Waals surface area contributed by atoms with E-state index in [0.29, 0.717) is 0 Å². The molecule has 1 aromatic heterocycles. The van der Waals surface area contributed by atoms with Gasteiger partial charge in [0.15, 0.2) is 0 Å². The molecule has 0 saturated heterocycles. The molecule has 0 aliphatic heterocycles. The first-order valence-corrected chi connectivity index (χ1v) is 6.13. The van der Waals surface area contributed by atoms with Crippen molar-refractivity contribution in [2.45, 2.75) is 4.90 Å². The molecule has 0 aliphatic carbocycles. The maximum absolute atomic E-state index is 3.82. The molecule has 0 bridgehead atoms. The van der Waals surface area contributed by atoms with Crippen LogP contribution in [0.25, 0.3) is 16.2 Å². The molecule has 66 valence electrons. The highest BCUT2D eigenvalue weighted by Crippen LogP contribution is 2.30. The lowest BCUT2D eigenvalue weighted by atomic mass is 10.2. The first-order valence-electron chi connectivity index (χ1n) is 4.03. The van der Waals surface area contributed by atoms with E-state index in [0.717, 1.165) is 0 Å². The summed E-state index contributed by atoms with van der Waals surface area (Å²) in [6, 6.07) is 6.60. The normalized spacial score (nSPS) is 10.5. The molecule has 0 N–H and O–H groups in total. The van der Waals surface area contributed by atoms with Gasteiger partial charge in [0.25, 0.3) is 0 Å². The van der Waals surface area contributed by atoms with E-state index >= 15 is 0 Å². The molecule has 0 spiro atoms. The molecule has 0 radical (unpaired) electrons. The SMILES string of the molecule is C=Cc1cc2sccc2cc1SC. The van der Waals surface area contributed by atoms with Gasteiger partial charge in [0.1, 0.15) is 0 Å². The Labute approximate surface area is 86.3 Å². The predicted octanol–water partition coefficient (Wildman–Crippen LogP) is 4.27. The molecule has 13 heavy (non-hydrogen) atoms. The maximum atomic E-state index is 3.82. The number of thiophene rings is 1. The van der Waals surface area contributed by atoms with Crippen LogP contribution in [-0.4, -0.2) is 6.26 Å². The molecule has 1 heterocycles. The molecule has 2 heteroatoms. The van der Waals surface area contributed by atoms with Gasteiger partial charge in [0.05, 0.1) is 0 Å². The third-order valence-corrected chi connectivity index (χ3v) is 3.70. The van der Waals surface area contributed by atoms with Crippen molar-refractivity contribution < 1.29 is 0 Å². The molecular weight excluding hydrogens is 196 g/mol. The molecule has 2 rings (SSSR count). The van der Waals surface area contributed by atoms with Crippen LogP contribution in [0.2, 0.25) is 0 Å². The second-order valence-electron chi connectivity index (χ2n) is 2.76. The minimum Gasteiger partial charge on any atom is -0.144 e. The number of hydrogen-bond acceptors (Lipinski definition) is 2. The highest BCUT2D eigenvalue weighted by atomic mass is 32.2. The number of hydrogen-bond donors (Lipinski definition) is 0. The smallest absolute Gasteiger partial charge is 0.0349 e. The van der Waals surface area contributed by atoms with Gasteiger partial charge in [-0.25, -0.2) is 0 Å². The second kappa shape index (κ2) is 3.56. The van der Waals surface area contributed by atoms with Gasteiger partial charge >= 0.3 is 0 Å². The number of thioether (sulfide) groups is 1. The van der Waals surface area contributed by atoms with Crippen LogP contribution in [0.4, 0.5) is 0 Å². The second-order valence-corrected chi connectivity index (χ2v) is 4.55. The van der Waals surface area contributed by atoms with Gasteiger partial charge in [0, 0.05) is 9.60 Å². The monoisotopic (exact) mass is 206 g/mol. The van der Waals surface area contributed by atoms with E-state index in [1.807, 2.05) is 6.08 Å². The van der Waals surface area contributed by atoms with Crippen LogP contribution in [-0.2, 0) is 0 Å². The van der Waals surface area contributed by atoms with Crippen LogP contribution in [0.5, 0.6) is 0 Å². The fraction of sp³-hybridized carbons (Fsp3) is 0.0909. The van der Waals surface area contributed by atoms with Crippen LogP contribution in [0.1, 0.15) is 5.56 Å². The Morgan fingerprint density at radius 2 is 2.31 bits per heavy atom. The summed E-state index contributed by atoms with van der Waals surface area (Å²) in [7, 11) is 0. The molecular formula is C11H10S2. The fourth-order valence-corrected chi connectivity index (χ4v) is 2.78. The summed E-state index contributed by atoms with van der Waals surface area (Å²) in [5.41, 5.74) is 1.24. The van der Waals surface area contributed by atoms with Crippen LogP contribution in [0.3, 0.4) is 0 Å². The Balaban J connectivity index is 2.73. The molecule has 0 aliphatic rings. The molecule has 0 atom stereocenters. The van der Waals surface area contributed by atoms with Crippen molar-refractivity contribution in [3.63, 3.8) is 0 Å². The lowest BCUT2D eigenvalue weighted by Gasteiger charge is -2.02. The third-order valence-electron chi connectivity index (χ3n) is 2.02. The minimum absolute atomic E-state index is 1.24. The summed E-state index contributed by atoms with van der Waals surface area (Å²) in [6.45, 7) is 3.82. The van der Waals surface area contributed by atoms with E-state index in [1.54, 1.807) is 23.1 Å². The van der Waals surface area contributed by atoms with Gasteiger partial charge < -0.3 is 0 Å². The van der Waals surface area contributed by atoms with E-state index < -0.39 is 0 Å². The van der Waals surface area contributed by atoms with Crippen LogP contribution in [0.15, 0.2) is 35.1 Å². The summed E-state index contributed by atoms with van der Waals surface area (Å²) < 4.78 is 1.34. The van der Waals surface area contributed by atoms with Gasteiger partial charge in [-0.15, -0.1) is 23.1 Å². The lowest BCUT2D eigenvalue weighted by Crippen LogP contribution is -1.77. The first-order chi connectivity index (χ1) is 6.35. The average Bonchev–Trinajstić information content (AvgIpc) is 2.62. The zero-order valence-corrected chi connectivity index (χ0v) is 9.04. The predicted molar refractivity (Wildman–Crippen MR) is 63.7 cm³/mol. The maximum Gasteiger partial charge on any atom is 0.0349 e. The Hall–Kier alpha value is -0.730. The molecule has 0 amide bonds. The fourth-order valence-electron chi connectivity index (χ4n) is 1.34. The topological polar surface area (TPSA) is 0 Å². The summed E-state index contributed by atoms with van der Waals surface area (Å²) in [6.07, 6.45) is 4.02. The van der Waals surface area contributed by atoms with Crippen LogP contribution in [0, 0.1) is 0 Å². The van der Waals surface area contributed by atoms with Crippen molar-refractivity contribution in [2.75, 3.05) is 6.26 Å². The zero-order chi connectivity index (χ0) is 9.26.